The number of benzene rings is 4. The van der Waals surface area contributed by atoms with Crippen LogP contribution in [0.3, 0.4) is 0 Å². The highest BCUT2D eigenvalue weighted by Crippen LogP contribution is 2.28. The predicted octanol–water partition coefficient (Wildman–Crippen LogP) is 6.51. The van der Waals surface area contributed by atoms with E-state index in [9.17, 15) is 4.79 Å². The number of carbonyl (C=O) groups is 1. The van der Waals surface area contributed by atoms with Gasteiger partial charge < -0.3 is 14.5 Å². The number of aromatic nitrogens is 1. The quantitative estimate of drug-likeness (QED) is 0.263. The molecule has 7 heteroatoms. The topological polar surface area (TPSA) is 76.4 Å². The lowest BCUT2D eigenvalue weighted by molar-refractivity contribution is 0.0977. The first-order valence-electron chi connectivity index (χ1n) is 11.4. The minimum atomic E-state index is -0.331. The van der Waals surface area contributed by atoms with Gasteiger partial charge in [-0.25, -0.2) is 4.98 Å². The molecule has 0 radical (unpaired) electrons. The predicted molar refractivity (Wildman–Crippen MR) is 145 cm³/mol. The van der Waals surface area contributed by atoms with Crippen molar-refractivity contribution in [2.45, 2.75) is 13.5 Å². The largest absolute Gasteiger partial charge is 0.489 e. The van der Waals surface area contributed by atoms with Gasteiger partial charge in [0.25, 0.3) is 5.91 Å². The maximum absolute atomic E-state index is 12.8. The Bertz CT molecular complexity index is 1550. The van der Waals surface area contributed by atoms with Crippen LogP contribution in [0.15, 0.2) is 101 Å². The molecule has 0 saturated heterocycles. The van der Waals surface area contributed by atoms with Gasteiger partial charge in [0, 0.05) is 16.8 Å². The van der Waals surface area contributed by atoms with Crippen molar-refractivity contribution in [3.8, 4) is 17.2 Å². The maximum atomic E-state index is 12.8. The molecule has 0 aliphatic heterocycles. The Hall–Kier alpha value is -4.49. The van der Waals surface area contributed by atoms with Gasteiger partial charge in [0.15, 0.2) is 10.7 Å². The molecule has 0 aliphatic carbocycles. The molecule has 36 heavy (non-hydrogen) atoms. The second-order valence-corrected chi connectivity index (χ2v) is 8.64. The fourth-order valence-electron chi connectivity index (χ4n) is 3.74. The highest BCUT2D eigenvalue weighted by molar-refractivity contribution is 7.80. The molecule has 0 fully saturated rings. The van der Waals surface area contributed by atoms with Crippen molar-refractivity contribution in [3.05, 3.63) is 114 Å². The molecule has 2 N–H and O–H groups in total. The number of amides is 1. The summed E-state index contributed by atoms with van der Waals surface area (Å²) < 4.78 is 11.7. The van der Waals surface area contributed by atoms with Gasteiger partial charge in [-0.15, -0.1) is 0 Å². The number of oxazole rings is 1. The summed E-state index contributed by atoms with van der Waals surface area (Å²) in [7, 11) is 0. The number of nitrogens with one attached hydrogen (secondary N) is 2. The van der Waals surface area contributed by atoms with Crippen LogP contribution in [-0.2, 0) is 6.61 Å². The zero-order chi connectivity index (χ0) is 24.9. The molecule has 0 spiro atoms. The van der Waals surface area contributed by atoms with Gasteiger partial charge in [0.2, 0.25) is 5.89 Å². The normalized spacial score (nSPS) is 10.7. The summed E-state index contributed by atoms with van der Waals surface area (Å²) in [6.45, 7) is 2.44. The lowest BCUT2D eigenvalue weighted by Gasteiger charge is -2.11. The number of fused-ring (bicyclic) bond motifs is 1. The van der Waals surface area contributed by atoms with Crippen LogP contribution in [0.25, 0.3) is 22.6 Å². The molecule has 1 aromatic heterocycles. The summed E-state index contributed by atoms with van der Waals surface area (Å²) in [6, 6.07) is 30.2. The maximum Gasteiger partial charge on any atom is 0.257 e. The number of hydrogen-bond acceptors (Lipinski definition) is 5. The van der Waals surface area contributed by atoms with Gasteiger partial charge in [-0.3, -0.25) is 10.1 Å². The third-order valence-electron chi connectivity index (χ3n) is 5.59. The Kier molecular flexibility index (Phi) is 6.73. The van der Waals surface area contributed by atoms with Crippen LogP contribution >= 0.6 is 12.2 Å². The molecule has 5 aromatic rings. The Labute approximate surface area is 213 Å². The molecule has 0 bridgehead atoms. The van der Waals surface area contributed by atoms with Crippen LogP contribution in [0.4, 0.5) is 5.69 Å². The molecule has 6 nitrogen and oxygen atoms in total. The number of carbonyl (C=O) groups excluding carboxylic acids is 1. The summed E-state index contributed by atoms with van der Waals surface area (Å²) in [5.41, 5.74) is 5.57. The molecule has 0 atom stereocenters. The first kappa shape index (κ1) is 23.3. The zero-order valence-electron chi connectivity index (χ0n) is 19.5. The minimum absolute atomic E-state index is 0.178. The summed E-state index contributed by atoms with van der Waals surface area (Å²) in [4.78, 5) is 17.4. The molecule has 4 aromatic carbocycles. The lowest BCUT2D eigenvalue weighted by atomic mass is 10.1. The van der Waals surface area contributed by atoms with E-state index in [-0.39, 0.29) is 11.0 Å². The number of nitrogens with zero attached hydrogens (tertiary/aromatic N) is 1. The summed E-state index contributed by atoms with van der Waals surface area (Å²) in [6.07, 6.45) is 0. The average molecular weight is 494 g/mol. The molecule has 0 aliphatic rings. The molecule has 1 heterocycles. The Morgan fingerprint density at radius 2 is 1.75 bits per heavy atom. The van der Waals surface area contributed by atoms with Gasteiger partial charge in [0.05, 0.1) is 0 Å². The summed E-state index contributed by atoms with van der Waals surface area (Å²) in [5.74, 6) is 0.832. The van der Waals surface area contributed by atoms with E-state index < -0.39 is 0 Å². The van der Waals surface area contributed by atoms with Gasteiger partial charge in [-0.05, 0) is 72.7 Å². The van der Waals surface area contributed by atoms with Crippen LogP contribution in [0.2, 0.25) is 0 Å². The number of ether oxygens (including phenoxy) is 1. The molecule has 1 amide bonds. The summed E-state index contributed by atoms with van der Waals surface area (Å²) >= 11 is 5.36. The van der Waals surface area contributed by atoms with E-state index in [1.165, 1.54) is 0 Å². The Balaban J connectivity index is 1.23. The van der Waals surface area contributed by atoms with Gasteiger partial charge in [0.1, 0.15) is 17.9 Å². The fraction of sp³-hybridized carbons (Fsp3) is 0.0690. The average Bonchev–Trinajstić information content (AvgIpc) is 3.31. The van der Waals surface area contributed by atoms with E-state index in [1.807, 2.05) is 85.8 Å². The highest BCUT2D eigenvalue weighted by Gasteiger charge is 2.13. The second kappa shape index (κ2) is 10.4. The van der Waals surface area contributed by atoms with E-state index >= 15 is 0 Å². The van der Waals surface area contributed by atoms with Crippen molar-refractivity contribution in [1.29, 1.82) is 0 Å². The van der Waals surface area contributed by atoms with Crippen LogP contribution in [-0.4, -0.2) is 16.0 Å². The first-order chi connectivity index (χ1) is 17.5. The number of anilines is 1. The van der Waals surface area contributed by atoms with E-state index in [0.717, 1.165) is 16.7 Å². The molecular weight excluding hydrogens is 470 g/mol. The fourth-order valence-corrected chi connectivity index (χ4v) is 3.95. The number of aryl methyl sites for hydroxylation is 1. The Morgan fingerprint density at radius 3 is 2.58 bits per heavy atom. The highest BCUT2D eigenvalue weighted by atomic mass is 32.1. The molecule has 0 unspecified atom stereocenters. The molecule has 178 valence electrons. The van der Waals surface area contributed by atoms with Gasteiger partial charge >= 0.3 is 0 Å². The van der Waals surface area contributed by atoms with Crippen LogP contribution in [0.5, 0.6) is 5.75 Å². The van der Waals surface area contributed by atoms with Crippen LogP contribution in [0, 0.1) is 6.92 Å². The van der Waals surface area contributed by atoms with E-state index in [4.69, 9.17) is 21.4 Å². The van der Waals surface area contributed by atoms with Crippen molar-refractivity contribution in [2.24, 2.45) is 0 Å². The van der Waals surface area contributed by atoms with Crippen molar-refractivity contribution in [3.63, 3.8) is 0 Å². The minimum Gasteiger partial charge on any atom is -0.489 e. The standard InChI is InChI=1S/C29H23N3O3S/c1-19-8-5-6-13-24(19)28-31-25-17-22(14-15-26(25)35-28)30-29(36)32-27(33)21-11-7-12-23(16-21)34-18-20-9-3-2-4-10-20/h2-17H,18H2,1H3,(H2,30,32,33,36). The first-order valence-corrected chi connectivity index (χ1v) is 11.8. The number of thiocarbonyl (C=S) groups is 1. The van der Waals surface area contributed by atoms with Gasteiger partial charge in [-0.2, -0.15) is 0 Å². The lowest BCUT2D eigenvalue weighted by Crippen LogP contribution is -2.34. The number of rotatable bonds is 6. The number of hydrogen-bond donors (Lipinski definition) is 2. The Morgan fingerprint density at radius 1 is 0.944 bits per heavy atom. The third-order valence-corrected chi connectivity index (χ3v) is 5.80. The van der Waals surface area contributed by atoms with E-state index in [2.05, 4.69) is 15.6 Å². The molecular formula is C29H23N3O3S. The third kappa shape index (κ3) is 5.42. The van der Waals surface area contributed by atoms with Crippen molar-refractivity contribution < 1.29 is 13.9 Å². The van der Waals surface area contributed by atoms with Crippen LogP contribution < -0.4 is 15.4 Å². The smallest absolute Gasteiger partial charge is 0.257 e. The molecule has 5 rings (SSSR count). The van der Waals surface area contributed by atoms with E-state index in [0.29, 0.717) is 40.6 Å². The van der Waals surface area contributed by atoms with Gasteiger partial charge in [-0.1, -0.05) is 54.6 Å². The summed E-state index contributed by atoms with van der Waals surface area (Å²) in [5, 5.41) is 5.94. The molecule has 0 saturated carbocycles. The van der Waals surface area contributed by atoms with Crippen molar-refractivity contribution in [1.82, 2.24) is 10.3 Å². The van der Waals surface area contributed by atoms with E-state index in [1.54, 1.807) is 18.2 Å². The van der Waals surface area contributed by atoms with Crippen LogP contribution in [0.1, 0.15) is 21.5 Å². The SMILES string of the molecule is Cc1ccccc1-c1nc2cc(NC(=S)NC(=O)c3cccc(OCc4ccccc4)c3)ccc2o1. The van der Waals surface area contributed by atoms with Crippen molar-refractivity contribution >= 4 is 40.0 Å². The van der Waals surface area contributed by atoms with Crippen molar-refractivity contribution in [2.75, 3.05) is 5.32 Å². The monoisotopic (exact) mass is 493 g/mol. The zero-order valence-corrected chi connectivity index (χ0v) is 20.3. The second-order valence-electron chi connectivity index (χ2n) is 8.23.